The number of halogens is 3. The predicted molar refractivity (Wildman–Crippen MR) is 77.2 cm³/mol. The van der Waals surface area contributed by atoms with E-state index in [4.69, 9.17) is 9.47 Å². The average Bonchev–Trinajstić information content (AvgIpc) is 2.66. The lowest BCUT2D eigenvalue weighted by atomic mass is 10.1. The maximum atomic E-state index is 12.7. The normalized spacial score (nSPS) is 12.9. The molecule has 1 aromatic heterocycles. The molecule has 0 fully saturated rings. The predicted octanol–water partition coefficient (Wildman–Crippen LogP) is 3.21. The minimum atomic E-state index is -4.57. The first-order valence-corrected chi connectivity index (χ1v) is 6.94. The van der Waals surface area contributed by atoms with Gasteiger partial charge in [0, 0.05) is 6.07 Å². The van der Waals surface area contributed by atoms with Crippen molar-refractivity contribution in [2.45, 2.75) is 58.5 Å². The summed E-state index contributed by atoms with van der Waals surface area (Å²) in [6.07, 6.45) is -5.23. The summed E-state index contributed by atoms with van der Waals surface area (Å²) in [6.45, 7) is 8.41. The second kappa shape index (κ2) is 6.29. The van der Waals surface area contributed by atoms with Crippen molar-refractivity contribution in [3.05, 3.63) is 11.8 Å². The highest BCUT2D eigenvalue weighted by atomic mass is 19.4. The summed E-state index contributed by atoms with van der Waals surface area (Å²) in [4.78, 5) is 11.8. The monoisotopic (exact) mass is 337 g/mol. The van der Waals surface area contributed by atoms with Crippen LogP contribution < -0.4 is 10.1 Å². The van der Waals surface area contributed by atoms with Crippen molar-refractivity contribution in [2.75, 3.05) is 7.11 Å². The number of rotatable bonds is 4. The van der Waals surface area contributed by atoms with Crippen LogP contribution in [0.5, 0.6) is 5.88 Å². The van der Waals surface area contributed by atoms with Gasteiger partial charge < -0.3 is 14.8 Å². The van der Waals surface area contributed by atoms with E-state index in [1.54, 1.807) is 34.6 Å². The molecule has 23 heavy (non-hydrogen) atoms. The molecule has 0 saturated carbocycles. The van der Waals surface area contributed by atoms with Crippen molar-refractivity contribution in [1.29, 1.82) is 0 Å². The number of nitrogens with one attached hydrogen (secondary N) is 1. The molecule has 0 spiro atoms. The Morgan fingerprint density at radius 2 is 1.83 bits per heavy atom. The molecule has 1 rings (SSSR count). The fourth-order valence-corrected chi connectivity index (χ4v) is 1.81. The molecule has 1 aromatic rings. The van der Waals surface area contributed by atoms with Crippen molar-refractivity contribution in [2.24, 2.45) is 0 Å². The van der Waals surface area contributed by atoms with Crippen LogP contribution in [0.3, 0.4) is 0 Å². The molecule has 1 amide bonds. The average molecular weight is 337 g/mol. The van der Waals surface area contributed by atoms with Gasteiger partial charge in [0.1, 0.15) is 5.60 Å². The molecule has 0 saturated heterocycles. The molecule has 0 aromatic carbocycles. The lowest BCUT2D eigenvalue weighted by Gasteiger charge is -2.28. The molecule has 9 heteroatoms. The number of carbonyl (C=O) groups excluding carboxylic acids is 1. The van der Waals surface area contributed by atoms with Gasteiger partial charge in [-0.25, -0.2) is 9.48 Å². The summed E-state index contributed by atoms with van der Waals surface area (Å²) in [5.41, 5.74) is -2.63. The third kappa shape index (κ3) is 5.99. The lowest BCUT2D eigenvalue weighted by Crippen LogP contribution is -2.48. The largest absolute Gasteiger partial charge is 0.481 e. The highest BCUT2D eigenvalue weighted by Gasteiger charge is 2.36. The molecule has 0 aliphatic rings. The molecule has 1 N–H and O–H groups in total. The van der Waals surface area contributed by atoms with E-state index in [0.29, 0.717) is 0 Å². The van der Waals surface area contributed by atoms with E-state index in [0.717, 1.165) is 10.7 Å². The molecule has 6 nitrogen and oxygen atoms in total. The maximum Gasteiger partial charge on any atom is 0.435 e. The Bertz CT molecular complexity index is 560. The maximum absolute atomic E-state index is 12.7. The Kier molecular flexibility index (Phi) is 5.23. The number of hydrogen-bond donors (Lipinski definition) is 1. The van der Waals surface area contributed by atoms with E-state index in [1.807, 2.05) is 0 Å². The van der Waals surface area contributed by atoms with Gasteiger partial charge in [0.05, 0.1) is 19.2 Å². The standard InChI is InChI=1S/C14H22F3N3O3/c1-12(2,3)23-11(21)18-13(4,5)8-20-10(22-6)7-9(19-20)14(15,16)17/h7H,8H2,1-6H3,(H,18,21). The van der Waals surface area contributed by atoms with Gasteiger partial charge >= 0.3 is 12.3 Å². The number of carbonyl (C=O) groups is 1. The van der Waals surface area contributed by atoms with E-state index < -0.39 is 29.1 Å². The first-order chi connectivity index (χ1) is 10.2. The first kappa shape index (κ1) is 19.1. The fourth-order valence-electron chi connectivity index (χ4n) is 1.81. The van der Waals surface area contributed by atoms with E-state index >= 15 is 0 Å². The fraction of sp³-hybridized carbons (Fsp3) is 0.714. The van der Waals surface area contributed by atoms with Gasteiger partial charge in [0.2, 0.25) is 5.88 Å². The highest BCUT2D eigenvalue weighted by Crippen LogP contribution is 2.31. The zero-order chi connectivity index (χ0) is 18.1. The molecular formula is C14H22F3N3O3. The quantitative estimate of drug-likeness (QED) is 0.916. The van der Waals surface area contributed by atoms with Crippen molar-refractivity contribution in [3.8, 4) is 5.88 Å². The number of aromatic nitrogens is 2. The molecule has 0 aliphatic carbocycles. The summed E-state index contributed by atoms with van der Waals surface area (Å²) in [6, 6.07) is 0.809. The van der Waals surface area contributed by atoms with Gasteiger partial charge in [-0.15, -0.1) is 0 Å². The second-order valence-corrected chi connectivity index (χ2v) is 6.74. The van der Waals surface area contributed by atoms with Crippen molar-refractivity contribution in [3.63, 3.8) is 0 Å². The zero-order valence-corrected chi connectivity index (χ0v) is 14.0. The Balaban J connectivity index is 2.88. The summed E-state index contributed by atoms with van der Waals surface area (Å²) >= 11 is 0. The van der Waals surface area contributed by atoms with Gasteiger partial charge in [-0.3, -0.25) is 0 Å². The number of methoxy groups -OCH3 is 1. The first-order valence-electron chi connectivity index (χ1n) is 6.94. The molecular weight excluding hydrogens is 315 g/mol. The van der Waals surface area contributed by atoms with Gasteiger partial charge in [-0.2, -0.15) is 18.3 Å². The number of ether oxygens (including phenoxy) is 2. The summed E-state index contributed by atoms with van der Waals surface area (Å²) in [5.74, 6) is -0.0450. The third-order valence-electron chi connectivity index (χ3n) is 2.63. The van der Waals surface area contributed by atoms with Gasteiger partial charge in [0.15, 0.2) is 5.69 Å². The van der Waals surface area contributed by atoms with E-state index in [1.165, 1.54) is 7.11 Å². The van der Waals surface area contributed by atoms with Crippen LogP contribution in [0.15, 0.2) is 6.07 Å². The summed E-state index contributed by atoms with van der Waals surface area (Å²) in [7, 11) is 1.25. The smallest absolute Gasteiger partial charge is 0.435 e. The SMILES string of the molecule is COc1cc(C(F)(F)F)nn1CC(C)(C)NC(=O)OC(C)(C)C. The lowest BCUT2D eigenvalue weighted by molar-refractivity contribution is -0.141. The minimum Gasteiger partial charge on any atom is -0.481 e. The van der Waals surface area contributed by atoms with E-state index in [9.17, 15) is 18.0 Å². The third-order valence-corrected chi connectivity index (χ3v) is 2.63. The summed E-state index contributed by atoms with van der Waals surface area (Å²) < 4.78 is 49.3. The zero-order valence-electron chi connectivity index (χ0n) is 14.0. The van der Waals surface area contributed by atoms with Crippen molar-refractivity contribution < 1.29 is 27.4 Å². The molecule has 0 bridgehead atoms. The molecule has 0 radical (unpaired) electrons. The van der Waals surface area contributed by atoms with Crippen molar-refractivity contribution >= 4 is 6.09 Å². The second-order valence-electron chi connectivity index (χ2n) is 6.74. The molecule has 0 atom stereocenters. The van der Waals surface area contributed by atoms with Crippen LogP contribution in [0.2, 0.25) is 0 Å². The van der Waals surface area contributed by atoms with Crippen LogP contribution >= 0.6 is 0 Å². The minimum absolute atomic E-state index is 0.0223. The Morgan fingerprint density at radius 3 is 2.26 bits per heavy atom. The number of amides is 1. The Hall–Kier alpha value is -1.93. The molecule has 0 aliphatic heterocycles. The van der Waals surface area contributed by atoms with Crippen LogP contribution in [0.4, 0.5) is 18.0 Å². The van der Waals surface area contributed by atoms with Crippen LogP contribution in [-0.2, 0) is 17.5 Å². The van der Waals surface area contributed by atoms with Gasteiger partial charge in [0.25, 0.3) is 0 Å². The number of alkyl carbamates (subject to hydrolysis) is 1. The van der Waals surface area contributed by atoms with Crippen LogP contribution in [0.25, 0.3) is 0 Å². The summed E-state index contributed by atoms with van der Waals surface area (Å²) in [5, 5.41) is 6.10. The highest BCUT2D eigenvalue weighted by molar-refractivity contribution is 5.68. The van der Waals surface area contributed by atoms with Crippen molar-refractivity contribution in [1.82, 2.24) is 15.1 Å². The number of nitrogens with zero attached hydrogens (tertiary/aromatic N) is 2. The van der Waals surface area contributed by atoms with E-state index in [2.05, 4.69) is 10.4 Å². The van der Waals surface area contributed by atoms with Crippen LogP contribution in [0.1, 0.15) is 40.3 Å². The van der Waals surface area contributed by atoms with Crippen LogP contribution in [0, 0.1) is 0 Å². The Morgan fingerprint density at radius 1 is 1.26 bits per heavy atom. The number of alkyl halides is 3. The topological polar surface area (TPSA) is 65.4 Å². The number of hydrogen-bond acceptors (Lipinski definition) is 4. The van der Waals surface area contributed by atoms with E-state index in [-0.39, 0.29) is 12.4 Å². The van der Waals surface area contributed by atoms with Gasteiger partial charge in [-0.1, -0.05) is 0 Å². The molecule has 1 heterocycles. The molecule has 132 valence electrons. The van der Waals surface area contributed by atoms with Crippen LogP contribution in [-0.4, -0.2) is 34.1 Å². The van der Waals surface area contributed by atoms with Gasteiger partial charge in [-0.05, 0) is 34.6 Å². The Labute approximate surface area is 132 Å². The molecule has 0 unspecified atom stereocenters.